The van der Waals surface area contributed by atoms with Crippen LogP contribution in [0.4, 0.5) is 10.7 Å². The van der Waals surface area contributed by atoms with Gasteiger partial charge < -0.3 is 11.1 Å². The number of carbonyl (C=O) groups is 1. The van der Waals surface area contributed by atoms with E-state index in [1.165, 1.54) is 11.3 Å². The van der Waals surface area contributed by atoms with E-state index < -0.39 is 0 Å². The number of hydrogen-bond acceptors (Lipinski definition) is 3. The van der Waals surface area contributed by atoms with Gasteiger partial charge in [-0.3, -0.25) is 4.79 Å². The van der Waals surface area contributed by atoms with Crippen molar-refractivity contribution in [1.29, 1.82) is 0 Å². The number of nitrogens with one attached hydrogen (secondary N) is 1. The molecule has 3 N–H and O–H groups in total. The number of benzene rings is 1. The van der Waals surface area contributed by atoms with E-state index in [0.717, 1.165) is 8.79 Å². The molecule has 3 nitrogen and oxygen atoms in total. The lowest BCUT2D eigenvalue weighted by molar-refractivity contribution is 0.102. The van der Waals surface area contributed by atoms with Crippen LogP contribution in [0.1, 0.15) is 10.4 Å². The van der Waals surface area contributed by atoms with Crippen molar-refractivity contribution < 1.29 is 4.79 Å². The van der Waals surface area contributed by atoms with Crippen molar-refractivity contribution >= 4 is 43.9 Å². The molecule has 0 spiro atoms. The number of rotatable bonds is 2. The molecule has 1 amide bonds. The molecule has 0 atom stereocenters. The first kappa shape index (κ1) is 11.2. The Hall–Kier alpha value is -1.33. The average Bonchev–Trinajstić information content (AvgIpc) is 2.64. The van der Waals surface area contributed by atoms with Crippen LogP contribution in [-0.4, -0.2) is 5.91 Å². The Labute approximate surface area is 105 Å². The summed E-state index contributed by atoms with van der Waals surface area (Å²) in [7, 11) is 0. The lowest BCUT2D eigenvalue weighted by Gasteiger charge is -2.02. The van der Waals surface area contributed by atoms with E-state index >= 15 is 0 Å². The second kappa shape index (κ2) is 4.67. The van der Waals surface area contributed by atoms with Crippen LogP contribution in [0.15, 0.2) is 40.2 Å². The zero-order valence-electron chi connectivity index (χ0n) is 8.24. The third-order valence-corrected chi connectivity index (χ3v) is 3.50. The predicted molar refractivity (Wildman–Crippen MR) is 70.8 cm³/mol. The monoisotopic (exact) mass is 296 g/mol. The second-order valence-corrected chi connectivity index (χ2v) is 5.65. The van der Waals surface area contributed by atoms with E-state index in [2.05, 4.69) is 21.2 Å². The fraction of sp³-hybridized carbons (Fsp3) is 0. The van der Waals surface area contributed by atoms with Crippen LogP contribution in [0.2, 0.25) is 0 Å². The Morgan fingerprint density at radius 3 is 2.75 bits per heavy atom. The molecule has 2 rings (SSSR count). The van der Waals surface area contributed by atoms with Gasteiger partial charge in [0, 0.05) is 11.3 Å². The highest BCUT2D eigenvalue weighted by Crippen LogP contribution is 2.26. The highest BCUT2D eigenvalue weighted by atomic mass is 79.9. The molecule has 0 saturated heterocycles. The number of anilines is 2. The van der Waals surface area contributed by atoms with Gasteiger partial charge in [0.1, 0.15) is 0 Å². The van der Waals surface area contributed by atoms with Gasteiger partial charge in [-0.25, -0.2) is 0 Å². The summed E-state index contributed by atoms with van der Waals surface area (Å²) in [5, 5.41) is 3.61. The molecule has 1 aromatic carbocycles. The molecule has 0 fully saturated rings. The van der Waals surface area contributed by atoms with Gasteiger partial charge in [-0.2, -0.15) is 0 Å². The van der Waals surface area contributed by atoms with Gasteiger partial charge in [0.05, 0.1) is 8.79 Å². The summed E-state index contributed by atoms with van der Waals surface area (Å²) in [4.78, 5) is 11.8. The minimum absolute atomic E-state index is 0.151. The fourth-order valence-corrected chi connectivity index (χ4v) is 2.53. The zero-order valence-corrected chi connectivity index (χ0v) is 10.6. The third-order valence-electron chi connectivity index (χ3n) is 1.96. The van der Waals surface area contributed by atoms with E-state index in [0.29, 0.717) is 11.3 Å². The SMILES string of the molecule is Nc1cccc(C(=O)Nc2ccc(Br)s2)c1. The molecular weight excluding hydrogens is 288 g/mol. The van der Waals surface area contributed by atoms with Crippen molar-refractivity contribution in [2.24, 2.45) is 0 Å². The molecule has 0 radical (unpaired) electrons. The molecule has 5 heteroatoms. The average molecular weight is 297 g/mol. The largest absolute Gasteiger partial charge is 0.399 e. The van der Waals surface area contributed by atoms with E-state index in [-0.39, 0.29) is 5.91 Å². The molecule has 0 bridgehead atoms. The number of thiophene rings is 1. The van der Waals surface area contributed by atoms with Crippen LogP contribution in [0.5, 0.6) is 0 Å². The minimum atomic E-state index is -0.151. The summed E-state index contributed by atoms with van der Waals surface area (Å²) in [6, 6.07) is 10.6. The van der Waals surface area contributed by atoms with Crippen LogP contribution in [0.25, 0.3) is 0 Å². The Balaban J connectivity index is 2.14. The van der Waals surface area contributed by atoms with Gasteiger partial charge in [-0.05, 0) is 46.3 Å². The Morgan fingerprint density at radius 1 is 1.31 bits per heavy atom. The van der Waals surface area contributed by atoms with Crippen LogP contribution >= 0.6 is 27.3 Å². The highest BCUT2D eigenvalue weighted by molar-refractivity contribution is 9.11. The van der Waals surface area contributed by atoms with Gasteiger partial charge in [0.15, 0.2) is 0 Å². The summed E-state index contributed by atoms with van der Waals surface area (Å²) >= 11 is 4.81. The number of hydrogen-bond donors (Lipinski definition) is 2. The first-order valence-corrected chi connectivity index (χ1v) is 6.18. The Kier molecular flexibility index (Phi) is 3.26. The van der Waals surface area contributed by atoms with Crippen molar-refractivity contribution in [3.63, 3.8) is 0 Å². The van der Waals surface area contributed by atoms with Crippen molar-refractivity contribution in [1.82, 2.24) is 0 Å². The maximum absolute atomic E-state index is 11.8. The number of nitrogen functional groups attached to an aromatic ring is 1. The van der Waals surface area contributed by atoms with E-state index in [4.69, 9.17) is 5.73 Å². The summed E-state index contributed by atoms with van der Waals surface area (Å²) in [5.74, 6) is -0.151. The van der Waals surface area contributed by atoms with Gasteiger partial charge in [0.2, 0.25) is 0 Å². The molecule has 82 valence electrons. The number of carbonyl (C=O) groups excluding carboxylic acids is 1. The quantitative estimate of drug-likeness (QED) is 0.835. The molecule has 0 aliphatic heterocycles. The van der Waals surface area contributed by atoms with Crippen LogP contribution in [0.3, 0.4) is 0 Å². The summed E-state index contributed by atoms with van der Waals surface area (Å²) in [5.41, 5.74) is 6.75. The summed E-state index contributed by atoms with van der Waals surface area (Å²) < 4.78 is 0.982. The number of nitrogens with two attached hydrogens (primary N) is 1. The maximum atomic E-state index is 11.8. The standard InChI is InChI=1S/C11H9BrN2OS/c12-9-4-5-10(16-9)14-11(15)7-2-1-3-8(13)6-7/h1-6H,13H2,(H,14,15). The van der Waals surface area contributed by atoms with E-state index in [1.54, 1.807) is 24.3 Å². The Morgan fingerprint density at radius 2 is 2.12 bits per heavy atom. The summed E-state index contributed by atoms with van der Waals surface area (Å²) in [6.45, 7) is 0. The topological polar surface area (TPSA) is 55.1 Å². The van der Waals surface area contributed by atoms with Crippen molar-refractivity contribution in [2.45, 2.75) is 0 Å². The summed E-state index contributed by atoms with van der Waals surface area (Å²) in [6.07, 6.45) is 0. The molecule has 0 aliphatic carbocycles. The first-order valence-electron chi connectivity index (χ1n) is 4.57. The van der Waals surface area contributed by atoms with Crippen molar-refractivity contribution in [3.05, 3.63) is 45.7 Å². The number of halogens is 1. The third kappa shape index (κ3) is 2.62. The molecule has 0 saturated carbocycles. The maximum Gasteiger partial charge on any atom is 0.256 e. The molecule has 0 aliphatic rings. The molecule has 0 unspecified atom stereocenters. The van der Waals surface area contributed by atoms with Crippen LogP contribution in [0, 0.1) is 0 Å². The Bertz CT molecular complexity index is 524. The lowest BCUT2D eigenvalue weighted by atomic mass is 10.2. The molecule has 1 heterocycles. The van der Waals surface area contributed by atoms with Gasteiger partial charge in [0.25, 0.3) is 5.91 Å². The van der Waals surface area contributed by atoms with E-state index in [9.17, 15) is 4.79 Å². The second-order valence-electron chi connectivity index (χ2n) is 3.18. The van der Waals surface area contributed by atoms with E-state index in [1.807, 2.05) is 12.1 Å². The lowest BCUT2D eigenvalue weighted by Crippen LogP contribution is -2.10. The zero-order chi connectivity index (χ0) is 11.5. The molecule has 1 aromatic heterocycles. The van der Waals surface area contributed by atoms with Crippen molar-refractivity contribution in [2.75, 3.05) is 11.1 Å². The number of amides is 1. The molecule has 2 aromatic rings. The molecule has 16 heavy (non-hydrogen) atoms. The van der Waals surface area contributed by atoms with Gasteiger partial charge in [-0.1, -0.05) is 6.07 Å². The van der Waals surface area contributed by atoms with Crippen molar-refractivity contribution in [3.8, 4) is 0 Å². The fourth-order valence-electron chi connectivity index (χ4n) is 1.25. The van der Waals surface area contributed by atoms with Crippen LogP contribution < -0.4 is 11.1 Å². The predicted octanol–water partition coefficient (Wildman–Crippen LogP) is 3.35. The highest BCUT2D eigenvalue weighted by Gasteiger charge is 2.07. The molecular formula is C11H9BrN2OS. The first-order chi connectivity index (χ1) is 7.65. The minimum Gasteiger partial charge on any atom is -0.399 e. The smallest absolute Gasteiger partial charge is 0.256 e. The normalized spacial score (nSPS) is 10.1. The van der Waals surface area contributed by atoms with Gasteiger partial charge in [-0.15, -0.1) is 11.3 Å². The van der Waals surface area contributed by atoms with Gasteiger partial charge >= 0.3 is 0 Å². The van der Waals surface area contributed by atoms with Crippen LogP contribution in [-0.2, 0) is 0 Å².